The van der Waals surface area contributed by atoms with Crippen LogP contribution in [0.15, 0.2) is 24.3 Å². The summed E-state index contributed by atoms with van der Waals surface area (Å²) in [6, 6.07) is 8.99. The van der Waals surface area contributed by atoms with Gasteiger partial charge in [0.05, 0.1) is 6.61 Å². The third-order valence-corrected chi connectivity index (χ3v) is 3.68. The van der Waals surface area contributed by atoms with Crippen molar-refractivity contribution in [3.8, 4) is 11.5 Å². The van der Waals surface area contributed by atoms with Crippen LogP contribution < -0.4 is 14.8 Å². The Morgan fingerprint density at radius 3 is 2.60 bits per heavy atom. The highest BCUT2D eigenvalue weighted by atomic mass is 16.5. The summed E-state index contributed by atoms with van der Waals surface area (Å²) < 4.78 is 11.5. The molecule has 1 fully saturated rings. The molecule has 20 heavy (non-hydrogen) atoms. The lowest BCUT2D eigenvalue weighted by Gasteiger charge is -2.37. The predicted octanol–water partition coefficient (Wildman–Crippen LogP) is 2.15. The van der Waals surface area contributed by atoms with Crippen molar-refractivity contribution in [2.75, 3.05) is 32.8 Å². The third kappa shape index (κ3) is 4.12. The van der Waals surface area contributed by atoms with Crippen LogP contribution in [0.2, 0.25) is 0 Å². The fourth-order valence-corrected chi connectivity index (χ4v) is 2.53. The SMILES string of the molecule is CCOc1ccccc1OCCN1CC(C)NCC1C. The van der Waals surface area contributed by atoms with Crippen LogP contribution in [-0.4, -0.2) is 49.8 Å². The summed E-state index contributed by atoms with van der Waals surface area (Å²) >= 11 is 0. The van der Waals surface area contributed by atoms with E-state index < -0.39 is 0 Å². The lowest BCUT2D eigenvalue weighted by molar-refractivity contribution is 0.121. The van der Waals surface area contributed by atoms with E-state index in [0.717, 1.165) is 31.1 Å². The van der Waals surface area contributed by atoms with E-state index in [9.17, 15) is 0 Å². The maximum atomic E-state index is 5.89. The molecule has 1 aromatic carbocycles. The molecule has 112 valence electrons. The van der Waals surface area contributed by atoms with Crippen molar-refractivity contribution in [2.24, 2.45) is 0 Å². The van der Waals surface area contributed by atoms with Gasteiger partial charge in [0.1, 0.15) is 6.61 Å². The predicted molar refractivity (Wildman–Crippen MR) is 81.6 cm³/mol. The maximum Gasteiger partial charge on any atom is 0.161 e. The molecule has 4 heteroatoms. The van der Waals surface area contributed by atoms with Crippen LogP contribution >= 0.6 is 0 Å². The molecule has 0 saturated carbocycles. The molecule has 2 rings (SSSR count). The number of hydrogen-bond acceptors (Lipinski definition) is 4. The number of nitrogens with zero attached hydrogens (tertiary/aromatic N) is 1. The van der Waals surface area contributed by atoms with Crippen molar-refractivity contribution < 1.29 is 9.47 Å². The fourth-order valence-electron chi connectivity index (χ4n) is 2.53. The first-order chi connectivity index (χ1) is 9.70. The summed E-state index contributed by atoms with van der Waals surface area (Å²) in [7, 11) is 0. The van der Waals surface area contributed by atoms with Crippen LogP contribution in [0, 0.1) is 0 Å². The molecule has 0 bridgehead atoms. The minimum atomic E-state index is 0.557. The van der Waals surface area contributed by atoms with E-state index >= 15 is 0 Å². The molecule has 2 unspecified atom stereocenters. The van der Waals surface area contributed by atoms with Crippen LogP contribution in [0.5, 0.6) is 11.5 Å². The average Bonchev–Trinajstić information content (AvgIpc) is 2.45. The smallest absolute Gasteiger partial charge is 0.161 e. The highest BCUT2D eigenvalue weighted by molar-refractivity contribution is 5.39. The second-order valence-electron chi connectivity index (χ2n) is 5.38. The van der Waals surface area contributed by atoms with Gasteiger partial charge in [0.2, 0.25) is 0 Å². The van der Waals surface area contributed by atoms with Crippen molar-refractivity contribution >= 4 is 0 Å². The van der Waals surface area contributed by atoms with Gasteiger partial charge in [-0.05, 0) is 32.9 Å². The van der Waals surface area contributed by atoms with Gasteiger partial charge in [0, 0.05) is 31.7 Å². The molecule has 0 radical (unpaired) electrons. The molecule has 1 N–H and O–H groups in total. The Hall–Kier alpha value is -1.26. The summed E-state index contributed by atoms with van der Waals surface area (Å²) in [5.41, 5.74) is 0. The van der Waals surface area contributed by atoms with Gasteiger partial charge in [-0.25, -0.2) is 0 Å². The number of rotatable bonds is 6. The van der Waals surface area contributed by atoms with E-state index in [4.69, 9.17) is 9.47 Å². The number of para-hydroxylation sites is 2. The monoisotopic (exact) mass is 278 g/mol. The molecule has 0 amide bonds. The summed E-state index contributed by atoms with van der Waals surface area (Å²) in [4.78, 5) is 2.48. The lowest BCUT2D eigenvalue weighted by atomic mass is 10.1. The number of ether oxygens (including phenoxy) is 2. The first-order valence-corrected chi connectivity index (χ1v) is 7.52. The summed E-state index contributed by atoms with van der Waals surface area (Å²) in [5, 5.41) is 3.49. The molecule has 0 aliphatic carbocycles. The Balaban J connectivity index is 1.83. The molecule has 1 saturated heterocycles. The van der Waals surface area contributed by atoms with Crippen molar-refractivity contribution in [1.82, 2.24) is 10.2 Å². The Morgan fingerprint density at radius 1 is 1.20 bits per heavy atom. The van der Waals surface area contributed by atoms with Crippen LogP contribution in [0.1, 0.15) is 20.8 Å². The molecule has 1 aromatic rings. The van der Waals surface area contributed by atoms with E-state index in [1.165, 1.54) is 0 Å². The van der Waals surface area contributed by atoms with E-state index in [1.807, 2.05) is 31.2 Å². The lowest BCUT2D eigenvalue weighted by Crippen LogP contribution is -2.55. The summed E-state index contributed by atoms with van der Waals surface area (Å²) in [5.74, 6) is 1.67. The van der Waals surface area contributed by atoms with Crippen LogP contribution in [0.3, 0.4) is 0 Å². The number of hydrogen-bond donors (Lipinski definition) is 1. The van der Waals surface area contributed by atoms with E-state index in [1.54, 1.807) is 0 Å². The Bertz CT molecular complexity index is 411. The number of nitrogens with one attached hydrogen (secondary N) is 1. The molecule has 0 aromatic heterocycles. The number of benzene rings is 1. The van der Waals surface area contributed by atoms with Gasteiger partial charge in [0.25, 0.3) is 0 Å². The van der Waals surface area contributed by atoms with E-state index in [2.05, 4.69) is 24.1 Å². The second kappa shape index (κ2) is 7.50. The van der Waals surface area contributed by atoms with Crippen molar-refractivity contribution in [1.29, 1.82) is 0 Å². The van der Waals surface area contributed by atoms with Crippen molar-refractivity contribution in [2.45, 2.75) is 32.9 Å². The van der Waals surface area contributed by atoms with Crippen LogP contribution in [0.4, 0.5) is 0 Å². The average molecular weight is 278 g/mol. The molecule has 1 aliphatic heterocycles. The minimum absolute atomic E-state index is 0.557. The zero-order valence-electron chi connectivity index (χ0n) is 12.8. The van der Waals surface area contributed by atoms with Gasteiger partial charge < -0.3 is 14.8 Å². The summed E-state index contributed by atoms with van der Waals surface area (Å²) in [6.45, 7) is 10.9. The number of piperazine rings is 1. The second-order valence-corrected chi connectivity index (χ2v) is 5.38. The quantitative estimate of drug-likeness (QED) is 0.864. The molecular weight excluding hydrogens is 252 g/mol. The molecule has 1 heterocycles. The topological polar surface area (TPSA) is 33.7 Å². The van der Waals surface area contributed by atoms with Crippen LogP contribution in [0.25, 0.3) is 0 Å². The third-order valence-electron chi connectivity index (χ3n) is 3.68. The fraction of sp³-hybridized carbons (Fsp3) is 0.625. The van der Waals surface area contributed by atoms with Gasteiger partial charge in [-0.1, -0.05) is 12.1 Å². The van der Waals surface area contributed by atoms with Crippen LogP contribution in [-0.2, 0) is 0 Å². The standard InChI is InChI=1S/C16H26N2O2/c1-4-19-15-7-5-6-8-16(15)20-10-9-18-12-13(2)17-11-14(18)3/h5-8,13-14,17H,4,9-12H2,1-3H3. The Morgan fingerprint density at radius 2 is 1.90 bits per heavy atom. The van der Waals surface area contributed by atoms with Crippen molar-refractivity contribution in [3.05, 3.63) is 24.3 Å². The zero-order valence-corrected chi connectivity index (χ0v) is 12.8. The van der Waals surface area contributed by atoms with E-state index in [-0.39, 0.29) is 0 Å². The molecule has 0 spiro atoms. The van der Waals surface area contributed by atoms with Gasteiger partial charge in [-0.3, -0.25) is 4.90 Å². The van der Waals surface area contributed by atoms with Crippen molar-refractivity contribution in [3.63, 3.8) is 0 Å². The first kappa shape index (κ1) is 15.1. The normalized spacial score (nSPS) is 23.6. The summed E-state index contributed by atoms with van der Waals surface area (Å²) in [6.07, 6.45) is 0. The largest absolute Gasteiger partial charge is 0.490 e. The molecular formula is C16H26N2O2. The van der Waals surface area contributed by atoms with Gasteiger partial charge in [-0.2, -0.15) is 0 Å². The first-order valence-electron chi connectivity index (χ1n) is 7.52. The Kier molecular flexibility index (Phi) is 5.68. The highest BCUT2D eigenvalue weighted by Gasteiger charge is 2.21. The van der Waals surface area contributed by atoms with E-state index in [0.29, 0.717) is 25.3 Å². The van der Waals surface area contributed by atoms with Gasteiger partial charge in [-0.15, -0.1) is 0 Å². The Labute approximate surface area is 122 Å². The molecule has 2 atom stereocenters. The van der Waals surface area contributed by atoms with Gasteiger partial charge in [0.15, 0.2) is 11.5 Å². The minimum Gasteiger partial charge on any atom is -0.490 e. The zero-order chi connectivity index (χ0) is 14.4. The molecule has 1 aliphatic rings. The van der Waals surface area contributed by atoms with Gasteiger partial charge >= 0.3 is 0 Å². The highest BCUT2D eigenvalue weighted by Crippen LogP contribution is 2.26. The molecule has 4 nitrogen and oxygen atoms in total. The maximum absolute atomic E-state index is 5.89.